The Morgan fingerprint density at radius 3 is 2.40 bits per heavy atom. The van der Waals surface area contributed by atoms with Gasteiger partial charge >= 0.3 is 0 Å². The lowest BCUT2D eigenvalue weighted by Crippen LogP contribution is -2.35. The molecule has 84 valence electrons. The van der Waals surface area contributed by atoms with E-state index in [1.807, 2.05) is 6.08 Å². The molecule has 0 aromatic heterocycles. The van der Waals surface area contributed by atoms with E-state index >= 15 is 0 Å². The van der Waals surface area contributed by atoms with E-state index in [4.69, 9.17) is 0 Å². The van der Waals surface area contributed by atoms with Crippen molar-refractivity contribution < 1.29 is 4.48 Å². The summed E-state index contributed by atoms with van der Waals surface area (Å²) in [6, 6.07) is 0. The number of rotatable bonds is 7. The van der Waals surface area contributed by atoms with Gasteiger partial charge in [-0.05, 0) is 37.3 Å². The second-order valence-corrected chi connectivity index (χ2v) is 5.37. The molecular weight excluding hydrogens is 182 g/mol. The first kappa shape index (κ1) is 12.3. The maximum Gasteiger partial charge on any atom is 0.0780 e. The third-order valence-electron chi connectivity index (χ3n) is 2.69. The maximum atomic E-state index is 3.25. The van der Waals surface area contributed by atoms with E-state index in [1.54, 1.807) is 0 Å². The van der Waals surface area contributed by atoms with Gasteiger partial charge in [0.1, 0.15) is 0 Å². The molecule has 1 rings (SSSR count). The molecule has 0 atom stereocenters. The van der Waals surface area contributed by atoms with Crippen LogP contribution < -0.4 is 0 Å². The lowest BCUT2D eigenvalue weighted by molar-refractivity contribution is -0.870. The summed E-state index contributed by atoms with van der Waals surface area (Å²) in [6.45, 7) is 1.29. The highest BCUT2D eigenvalue weighted by Crippen LogP contribution is 2.13. The van der Waals surface area contributed by atoms with Crippen LogP contribution in [0.3, 0.4) is 0 Å². The van der Waals surface area contributed by atoms with Crippen LogP contribution in [0.15, 0.2) is 29.5 Å². The van der Waals surface area contributed by atoms with Crippen molar-refractivity contribution in [3.8, 4) is 0 Å². The molecule has 0 saturated carbocycles. The largest absolute Gasteiger partial charge is 0.331 e. The molecule has 15 heavy (non-hydrogen) atoms. The first-order valence-electron chi connectivity index (χ1n) is 6.01. The number of quaternary nitrogens is 1. The zero-order valence-corrected chi connectivity index (χ0v) is 10.4. The molecule has 0 aromatic carbocycles. The molecule has 1 heteroatoms. The van der Waals surface area contributed by atoms with Crippen molar-refractivity contribution in [2.45, 2.75) is 32.1 Å². The summed E-state index contributed by atoms with van der Waals surface area (Å²) in [5, 5.41) is 0. The number of nitrogens with zero attached hydrogens (tertiary/aromatic N) is 1. The Morgan fingerprint density at radius 2 is 1.80 bits per heavy atom. The number of unbranched alkanes of at least 4 members (excludes halogenated alkanes) is 3. The van der Waals surface area contributed by atoms with Crippen molar-refractivity contribution >= 4 is 0 Å². The number of allylic oxidation sites excluding steroid dienone is 3. The molecule has 0 unspecified atom stereocenters. The molecule has 0 N–H and O–H groups in total. The first-order valence-corrected chi connectivity index (χ1v) is 6.01. The Morgan fingerprint density at radius 1 is 1.07 bits per heavy atom. The van der Waals surface area contributed by atoms with Crippen molar-refractivity contribution in [2.24, 2.45) is 0 Å². The Kier molecular flexibility index (Phi) is 4.87. The zero-order valence-electron chi connectivity index (χ0n) is 10.4. The summed E-state index contributed by atoms with van der Waals surface area (Å²) >= 11 is 0. The summed E-state index contributed by atoms with van der Waals surface area (Å²) in [5.74, 6) is 0. The van der Waals surface area contributed by atoms with Crippen molar-refractivity contribution in [3.63, 3.8) is 0 Å². The van der Waals surface area contributed by atoms with Crippen LogP contribution >= 0.6 is 0 Å². The van der Waals surface area contributed by atoms with Crippen molar-refractivity contribution in [3.05, 3.63) is 29.5 Å². The molecule has 0 saturated heterocycles. The van der Waals surface area contributed by atoms with Crippen LogP contribution in [0, 0.1) is 0 Å². The molecule has 0 spiro atoms. The maximum absolute atomic E-state index is 3.25. The first-order chi connectivity index (χ1) is 7.08. The monoisotopic (exact) mass is 206 g/mol. The summed E-state index contributed by atoms with van der Waals surface area (Å²) < 4.78 is 1.09. The summed E-state index contributed by atoms with van der Waals surface area (Å²) in [4.78, 5) is 0. The van der Waals surface area contributed by atoms with Gasteiger partial charge in [-0.25, -0.2) is 0 Å². The summed E-state index contributed by atoms with van der Waals surface area (Å²) in [5.41, 5.74) is 4.63. The number of hydrogen-bond donors (Lipinski definition) is 0. The second-order valence-electron chi connectivity index (χ2n) is 5.37. The van der Waals surface area contributed by atoms with Crippen molar-refractivity contribution in [1.82, 2.24) is 0 Å². The molecule has 0 bridgehead atoms. The van der Waals surface area contributed by atoms with Gasteiger partial charge in [0.2, 0.25) is 0 Å². The Hall–Kier alpha value is -0.780. The third-order valence-corrected chi connectivity index (χ3v) is 2.69. The van der Waals surface area contributed by atoms with Crippen LogP contribution in [-0.4, -0.2) is 32.2 Å². The van der Waals surface area contributed by atoms with Crippen LogP contribution in [0.4, 0.5) is 0 Å². The average Bonchev–Trinajstić information content (AvgIpc) is 2.61. The Labute approximate surface area is 94.4 Å². The molecule has 0 radical (unpaired) electrons. The van der Waals surface area contributed by atoms with E-state index in [1.165, 1.54) is 44.2 Å². The van der Waals surface area contributed by atoms with Gasteiger partial charge in [0.15, 0.2) is 0 Å². The highest BCUT2D eigenvalue weighted by molar-refractivity contribution is 5.28. The van der Waals surface area contributed by atoms with Gasteiger partial charge in [-0.2, -0.15) is 0 Å². The molecule has 1 aliphatic rings. The van der Waals surface area contributed by atoms with Crippen LogP contribution in [0.5, 0.6) is 0 Å². The molecular formula is C14H24N+. The quantitative estimate of drug-likeness (QED) is 0.341. The molecule has 1 aliphatic carbocycles. The normalized spacial score (nSPS) is 14.7. The van der Waals surface area contributed by atoms with Gasteiger partial charge in [0, 0.05) is 0 Å². The minimum absolute atomic E-state index is 1.09. The zero-order chi connectivity index (χ0) is 11.1. The second kappa shape index (κ2) is 5.95. The van der Waals surface area contributed by atoms with E-state index < -0.39 is 0 Å². The van der Waals surface area contributed by atoms with E-state index in [9.17, 15) is 0 Å². The van der Waals surface area contributed by atoms with E-state index in [0.29, 0.717) is 0 Å². The molecule has 0 fully saturated rings. The smallest absolute Gasteiger partial charge is 0.0780 e. The van der Waals surface area contributed by atoms with Crippen LogP contribution in [0.2, 0.25) is 0 Å². The van der Waals surface area contributed by atoms with Crippen molar-refractivity contribution in [2.75, 3.05) is 27.7 Å². The van der Waals surface area contributed by atoms with E-state index in [-0.39, 0.29) is 0 Å². The van der Waals surface area contributed by atoms with Gasteiger partial charge < -0.3 is 4.48 Å². The summed E-state index contributed by atoms with van der Waals surface area (Å²) in [6.07, 6.45) is 12.9. The third kappa shape index (κ3) is 6.33. The Bertz CT molecular complexity index is 272. The SMILES string of the molecule is C[N+](C)(C)CCCCCCC1=C=CC=C1. The van der Waals surface area contributed by atoms with Gasteiger partial charge in [-0.15, -0.1) is 5.73 Å². The predicted molar refractivity (Wildman–Crippen MR) is 66.7 cm³/mol. The van der Waals surface area contributed by atoms with Gasteiger partial charge in [-0.1, -0.05) is 18.6 Å². The van der Waals surface area contributed by atoms with Crippen LogP contribution in [-0.2, 0) is 0 Å². The molecule has 0 amide bonds. The standard InChI is InChI=1S/C14H24N/c1-15(2,3)13-9-5-4-6-10-14-11-7-8-12-14/h7-8,11H,4-6,9-10,13H2,1-3H3/q+1. The fourth-order valence-electron chi connectivity index (χ4n) is 1.78. The fourth-order valence-corrected chi connectivity index (χ4v) is 1.78. The highest BCUT2D eigenvalue weighted by atomic mass is 15.3. The minimum Gasteiger partial charge on any atom is -0.331 e. The lowest BCUT2D eigenvalue weighted by Gasteiger charge is -2.23. The molecule has 0 heterocycles. The van der Waals surface area contributed by atoms with E-state index in [2.05, 4.69) is 39.0 Å². The van der Waals surface area contributed by atoms with Gasteiger partial charge in [0.25, 0.3) is 0 Å². The number of hydrogen-bond acceptors (Lipinski definition) is 0. The molecule has 0 aromatic rings. The Balaban J connectivity index is 1.94. The van der Waals surface area contributed by atoms with Gasteiger partial charge in [-0.3, -0.25) is 0 Å². The van der Waals surface area contributed by atoms with Crippen LogP contribution in [0.25, 0.3) is 0 Å². The lowest BCUT2D eigenvalue weighted by atomic mass is 10.1. The summed E-state index contributed by atoms with van der Waals surface area (Å²) in [7, 11) is 6.79. The predicted octanol–water partition coefficient (Wildman–Crippen LogP) is 3.29. The van der Waals surface area contributed by atoms with Crippen molar-refractivity contribution in [1.29, 1.82) is 0 Å². The van der Waals surface area contributed by atoms with Crippen LogP contribution in [0.1, 0.15) is 32.1 Å². The minimum atomic E-state index is 1.09. The highest BCUT2D eigenvalue weighted by Gasteiger charge is 2.05. The molecule has 1 nitrogen and oxygen atoms in total. The van der Waals surface area contributed by atoms with E-state index in [0.717, 1.165) is 4.48 Å². The topological polar surface area (TPSA) is 0 Å². The fraction of sp³-hybridized carbons (Fsp3) is 0.643. The molecule has 0 aliphatic heterocycles. The van der Waals surface area contributed by atoms with Gasteiger partial charge in [0.05, 0.1) is 27.7 Å². The average molecular weight is 206 g/mol.